The van der Waals surface area contributed by atoms with Gasteiger partial charge in [-0.2, -0.15) is 0 Å². The van der Waals surface area contributed by atoms with Gasteiger partial charge in [0.05, 0.1) is 24.2 Å². The smallest absolute Gasteiger partial charge is 0.121 e. The zero-order valence-electron chi connectivity index (χ0n) is 26.8. The molecule has 6 aromatic carbocycles. The molecule has 0 amide bonds. The second kappa shape index (κ2) is 14.1. The first-order valence-corrected chi connectivity index (χ1v) is 16.5. The van der Waals surface area contributed by atoms with Crippen LogP contribution < -0.4 is 5.32 Å². The Kier molecular flexibility index (Phi) is 9.10. The van der Waals surface area contributed by atoms with Gasteiger partial charge in [-0.05, 0) is 33.4 Å². The van der Waals surface area contributed by atoms with E-state index in [0.717, 1.165) is 39.1 Å². The van der Waals surface area contributed by atoms with Gasteiger partial charge in [0.25, 0.3) is 0 Å². The van der Waals surface area contributed by atoms with Crippen LogP contribution in [-0.2, 0) is 17.5 Å². The number of aliphatic hydroxyl groups excluding tert-OH is 1. The lowest BCUT2D eigenvalue weighted by Gasteiger charge is -2.40. The second-order valence-electron chi connectivity index (χ2n) is 12.2. The zero-order chi connectivity index (χ0) is 32.7. The highest BCUT2D eigenvalue weighted by molar-refractivity contribution is 5.52. The summed E-state index contributed by atoms with van der Waals surface area (Å²) in [6.07, 6.45) is 4.61. The average Bonchev–Trinajstić information content (AvgIpc) is 3.64. The largest absolute Gasteiger partial charge is 0.395 e. The van der Waals surface area contributed by atoms with Crippen molar-refractivity contribution in [1.29, 1.82) is 0 Å². The molecule has 0 unspecified atom stereocenters. The fourth-order valence-corrected chi connectivity index (χ4v) is 7.17. The summed E-state index contributed by atoms with van der Waals surface area (Å²) in [4.78, 5) is 5.01. The summed E-state index contributed by atoms with van der Waals surface area (Å²) in [6.45, 7) is -0.0672. The minimum absolute atomic E-state index is 0.0672. The highest BCUT2D eigenvalue weighted by Gasteiger charge is 2.40. The SMILES string of the molecule is OC[C@@H](Cc1cn(C(c2ccccc2)(c2ccccc2)c2ccccc2)cn1)NC(c1ccccc1)(c1ccccc1)c1ccccc1. The van der Waals surface area contributed by atoms with E-state index in [1.165, 1.54) is 0 Å². The quantitative estimate of drug-likeness (QED) is 0.135. The molecule has 0 spiro atoms. The summed E-state index contributed by atoms with van der Waals surface area (Å²) in [6, 6.07) is 63.0. The normalized spacial score (nSPS) is 12.4. The maximum atomic E-state index is 11.0. The van der Waals surface area contributed by atoms with Gasteiger partial charge < -0.3 is 9.67 Å². The highest BCUT2D eigenvalue weighted by atomic mass is 16.3. The van der Waals surface area contributed by atoms with Gasteiger partial charge in [-0.1, -0.05) is 182 Å². The number of aliphatic hydroxyl groups is 1. The van der Waals surface area contributed by atoms with E-state index < -0.39 is 11.1 Å². The molecular weight excluding hydrogens is 587 g/mol. The molecule has 0 saturated carbocycles. The number of nitrogens with one attached hydrogen (secondary N) is 1. The highest BCUT2D eigenvalue weighted by Crippen LogP contribution is 2.41. The standard InChI is InChI=1S/C44H39N3O/c48-33-42(46-43(35-19-7-1-8-20-35,36-21-9-2-10-22-36)37-23-11-3-12-24-37)31-41-32-47(34-45-41)44(38-25-13-4-14-26-38,39-27-15-5-16-28-39)40-29-17-6-18-30-40/h1-30,32,34,42,46,48H,31,33H2/t42-/m1/s1. The fraction of sp³-hybridized carbons (Fsp3) is 0.114. The molecule has 4 heteroatoms. The summed E-state index contributed by atoms with van der Waals surface area (Å²) in [5.74, 6) is 0. The Hall–Kier alpha value is -5.55. The van der Waals surface area contributed by atoms with Crippen LogP contribution in [0.15, 0.2) is 195 Å². The molecule has 4 nitrogen and oxygen atoms in total. The van der Waals surface area contributed by atoms with Crippen molar-refractivity contribution in [3.63, 3.8) is 0 Å². The summed E-state index contributed by atoms with van der Waals surface area (Å²) in [7, 11) is 0. The molecule has 7 rings (SSSR count). The average molecular weight is 626 g/mol. The fourth-order valence-electron chi connectivity index (χ4n) is 7.17. The van der Waals surface area contributed by atoms with E-state index in [1.54, 1.807) is 0 Å². The molecule has 48 heavy (non-hydrogen) atoms. The number of imidazole rings is 1. The number of hydrogen-bond donors (Lipinski definition) is 2. The van der Waals surface area contributed by atoms with Gasteiger partial charge in [0.1, 0.15) is 5.54 Å². The summed E-state index contributed by atoms with van der Waals surface area (Å²) in [5, 5.41) is 15.0. The zero-order valence-corrected chi connectivity index (χ0v) is 26.8. The summed E-state index contributed by atoms with van der Waals surface area (Å²) >= 11 is 0. The molecule has 1 atom stereocenters. The number of benzene rings is 6. The van der Waals surface area contributed by atoms with Crippen molar-refractivity contribution in [3.05, 3.63) is 234 Å². The monoisotopic (exact) mass is 625 g/mol. The van der Waals surface area contributed by atoms with Gasteiger partial charge in [-0.3, -0.25) is 5.32 Å². The number of nitrogens with zero attached hydrogens (tertiary/aromatic N) is 2. The number of aromatic nitrogens is 2. The Morgan fingerprint density at radius 2 is 0.833 bits per heavy atom. The molecule has 0 aliphatic carbocycles. The molecule has 0 aliphatic heterocycles. The third-order valence-electron chi connectivity index (χ3n) is 9.32. The van der Waals surface area contributed by atoms with Crippen LogP contribution in [0.5, 0.6) is 0 Å². The molecular formula is C44H39N3O. The van der Waals surface area contributed by atoms with Gasteiger partial charge in [-0.15, -0.1) is 0 Å². The van der Waals surface area contributed by atoms with E-state index in [2.05, 4.69) is 180 Å². The van der Waals surface area contributed by atoms with Crippen LogP contribution in [-0.4, -0.2) is 27.3 Å². The van der Waals surface area contributed by atoms with E-state index in [-0.39, 0.29) is 12.6 Å². The summed E-state index contributed by atoms with van der Waals surface area (Å²) in [5.41, 5.74) is 6.24. The lowest BCUT2D eigenvalue weighted by atomic mass is 9.76. The van der Waals surface area contributed by atoms with Crippen molar-refractivity contribution in [2.75, 3.05) is 6.61 Å². The Morgan fingerprint density at radius 1 is 0.500 bits per heavy atom. The van der Waals surface area contributed by atoms with Crippen LogP contribution in [0.3, 0.4) is 0 Å². The van der Waals surface area contributed by atoms with E-state index >= 15 is 0 Å². The first-order valence-electron chi connectivity index (χ1n) is 16.5. The number of rotatable bonds is 12. The van der Waals surface area contributed by atoms with Gasteiger partial charge in [0, 0.05) is 18.7 Å². The van der Waals surface area contributed by atoms with Crippen LogP contribution in [0.4, 0.5) is 0 Å². The second-order valence-corrected chi connectivity index (χ2v) is 12.2. The maximum Gasteiger partial charge on any atom is 0.121 e. The minimum atomic E-state index is -0.707. The van der Waals surface area contributed by atoms with Gasteiger partial charge in [0.15, 0.2) is 0 Å². The molecule has 1 aromatic heterocycles. The molecule has 2 N–H and O–H groups in total. The molecule has 7 aromatic rings. The van der Waals surface area contributed by atoms with Gasteiger partial charge >= 0.3 is 0 Å². The van der Waals surface area contributed by atoms with Gasteiger partial charge in [0.2, 0.25) is 0 Å². The van der Waals surface area contributed by atoms with Crippen molar-refractivity contribution < 1.29 is 5.11 Å². The van der Waals surface area contributed by atoms with Crippen LogP contribution in [0.25, 0.3) is 0 Å². The van der Waals surface area contributed by atoms with Crippen LogP contribution in [0.2, 0.25) is 0 Å². The van der Waals surface area contributed by atoms with Crippen LogP contribution in [0, 0.1) is 0 Å². The maximum absolute atomic E-state index is 11.0. The molecule has 0 saturated heterocycles. The predicted molar refractivity (Wildman–Crippen MR) is 194 cm³/mol. The van der Waals surface area contributed by atoms with E-state index in [0.29, 0.717) is 6.42 Å². The molecule has 0 radical (unpaired) electrons. The van der Waals surface area contributed by atoms with Crippen LogP contribution >= 0.6 is 0 Å². The topological polar surface area (TPSA) is 50.1 Å². The van der Waals surface area contributed by atoms with Crippen molar-refractivity contribution in [2.24, 2.45) is 0 Å². The Labute approximate surface area is 283 Å². The van der Waals surface area contributed by atoms with E-state index in [9.17, 15) is 5.11 Å². The Balaban J connectivity index is 1.33. The van der Waals surface area contributed by atoms with Gasteiger partial charge in [-0.25, -0.2) is 4.98 Å². The molecule has 0 aliphatic rings. The molecule has 236 valence electrons. The third-order valence-corrected chi connectivity index (χ3v) is 9.32. The lowest BCUT2D eigenvalue weighted by molar-refractivity contribution is 0.220. The molecule has 0 fully saturated rings. The first kappa shape index (κ1) is 31.1. The Morgan fingerprint density at radius 3 is 1.17 bits per heavy atom. The molecule has 0 bridgehead atoms. The Bertz CT molecular complexity index is 1800. The minimum Gasteiger partial charge on any atom is -0.395 e. The van der Waals surface area contributed by atoms with E-state index in [4.69, 9.17) is 4.98 Å². The van der Waals surface area contributed by atoms with Crippen LogP contribution in [0.1, 0.15) is 39.1 Å². The summed E-state index contributed by atoms with van der Waals surface area (Å²) < 4.78 is 2.23. The van der Waals surface area contributed by atoms with Crippen molar-refractivity contribution >= 4 is 0 Å². The van der Waals surface area contributed by atoms with Crippen molar-refractivity contribution in [2.45, 2.75) is 23.5 Å². The first-order chi connectivity index (χ1) is 23.7. The van der Waals surface area contributed by atoms with E-state index in [1.807, 2.05) is 24.5 Å². The lowest BCUT2D eigenvalue weighted by Crippen LogP contribution is -2.51. The predicted octanol–water partition coefficient (Wildman–Crippen LogP) is 8.21. The van der Waals surface area contributed by atoms with Crippen molar-refractivity contribution in [3.8, 4) is 0 Å². The molecule has 1 heterocycles. The third kappa shape index (κ3) is 5.77. The number of hydrogen-bond acceptors (Lipinski definition) is 3. The van der Waals surface area contributed by atoms with Crippen molar-refractivity contribution in [1.82, 2.24) is 14.9 Å².